The maximum atomic E-state index is 12.8. The summed E-state index contributed by atoms with van der Waals surface area (Å²) >= 11 is 0. The van der Waals surface area contributed by atoms with Gasteiger partial charge in [0.1, 0.15) is 5.75 Å². The van der Waals surface area contributed by atoms with E-state index < -0.39 is 0 Å². The molecule has 0 aliphatic rings. The van der Waals surface area contributed by atoms with Crippen molar-refractivity contribution in [3.05, 3.63) is 41.5 Å². The number of ether oxygens (including phenoxy) is 3. The third-order valence-electron chi connectivity index (χ3n) is 4.04. The predicted octanol–water partition coefficient (Wildman–Crippen LogP) is 3.62. The summed E-state index contributed by atoms with van der Waals surface area (Å²) < 4.78 is 15.8. The van der Waals surface area contributed by atoms with Crippen molar-refractivity contribution in [2.75, 3.05) is 32.0 Å². The molecular formula is C20H24N2O5. The van der Waals surface area contributed by atoms with Gasteiger partial charge >= 0.3 is 0 Å². The fraction of sp³-hybridized carbons (Fsp3) is 0.300. The summed E-state index contributed by atoms with van der Waals surface area (Å²) in [5.74, 6) is 0.779. The largest absolute Gasteiger partial charge is 0.496 e. The average Bonchev–Trinajstić information content (AvgIpc) is 2.68. The van der Waals surface area contributed by atoms with Crippen LogP contribution in [-0.4, -0.2) is 33.1 Å². The van der Waals surface area contributed by atoms with E-state index in [1.807, 2.05) is 13.0 Å². The van der Waals surface area contributed by atoms with Gasteiger partial charge in [0.2, 0.25) is 5.91 Å². The first-order chi connectivity index (χ1) is 12.9. The minimum Gasteiger partial charge on any atom is -0.496 e. The molecule has 144 valence electrons. The van der Waals surface area contributed by atoms with Crippen LogP contribution in [0.3, 0.4) is 0 Å². The van der Waals surface area contributed by atoms with Crippen LogP contribution in [0, 0.1) is 6.92 Å². The van der Waals surface area contributed by atoms with Crippen LogP contribution < -0.4 is 24.8 Å². The Morgan fingerprint density at radius 1 is 0.889 bits per heavy atom. The Labute approximate surface area is 158 Å². The van der Waals surface area contributed by atoms with Gasteiger partial charge in [0.05, 0.1) is 26.9 Å². The molecule has 0 aromatic heterocycles. The van der Waals surface area contributed by atoms with Gasteiger partial charge in [-0.15, -0.1) is 0 Å². The zero-order valence-electron chi connectivity index (χ0n) is 16.1. The molecule has 0 spiro atoms. The lowest BCUT2D eigenvalue weighted by Gasteiger charge is -2.15. The Hall–Kier alpha value is -3.22. The Bertz CT molecular complexity index is 849. The van der Waals surface area contributed by atoms with E-state index in [1.165, 1.54) is 21.3 Å². The molecular weight excluding hydrogens is 348 g/mol. The normalized spacial score (nSPS) is 10.1. The Balaban J connectivity index is 2.34. The highest BCUT2D eigenvalue weighted by atomic mass is 16.5. The number of aryl methyl sites for hydroxylation is 1. The van der Waals surface area contributed by atoms with Gasteiger partial charge in [0.15, 0.2) is 11.5 Å². The van der Waals surface area contributed by atoms with Gasteiger partial charge in [-0.1, -0.05) is 13.0 Å². The Morgan fingerprint density at radius 3 is 2.11 bits per heavy atom. The number of carbonyl (C=O) groups excluding carboxylic acids is 2. The van der Waals surface area contributed by atoms with Crippen LogP contribution in [0.15, 0.2) is 30.3 Å². The van der Waals surface area contributed by atoms with Gasteiger partial charge in [-0.2, -0.15) is 0 Å². The van der Waals surface area contributed by atoms with E-state index in [-0.39, 0.29) is 11.8 Å². The van der Waals surface area contributed by atoms with Crippen molar-refractivity contribution in [3.63, 3.8) is 0 Å². The lowest BCUT2D eigenvalue weighted by atomic mass is 10.1. The maximum Gasteiger partial charge on any atom is 0.259 e. The van der Waals surface area contributed by atoms with Crippen LogP contribution in [0.4, 0.5) is 11.4 Å². The maximum absolute atomic E-state index is 12.8. The van der Waals surface area contributed by atoms with Crippen LogP contribution in [0.25, 0.3) is 0 Å². The molecule has 2 N–H and O–H groups in total. The molecule has 0 aliphatic heterocycles. The summed E-state index contributed by atoms with van der Waals surface area (Å²) in [6, 6.07) is 8.49. The third kappa shape index (κ3) is 4.69. The molecule has 0 unspecified atom stereocenters. The predicted molar refractivity (Wildman–Crippen MR) is 104 cm³/mol. The molecule has 0 fully saturated rings. The third-order valence-corrected chi connectivity index (χ3v) is 4.04. The zero-order valence-corrected chi connectivity index (χ0v) is 16.1. The van der Waals surface area contributed by atoms with Crippen molar-refractivity contribution < 1.29 is 23.8 Å². The van der Waals surface area contributed by atoms with Crippen molar-refractivity contribution in [1.29, 1.82) is 0 Å². The van der Waals surface area contributed by atoms with Crippen molar-refractivity contribution in [3.8, 4) is 17.2 Å². The summed E-state index contributed by atoms with van der Waals surface area (Å²) in [4.78, 5) is 24.4. The molecule has 7 heteroatoms. The highest BCUT2D eigenvalue weighted by Crippen LogP contribution is 2.35. The minimum absolute atomic E-state index is 0.0994. The number of nitrogens with one attached hydrogen (secondary N) is 2. The van der Waals surface area contributed by atoms with Gasteiger partial charge in [-0.25, -0.2) is 0 Å². The van der Waals surface area contributed by atoms with Crippen molar-refractivity contribution in [2.45, 2.75) is 20.3 Å². The smallest absolute Gasteiger partial charge is 0.259 e. The van der Waals surface area contributed by atoms with E-state index in [0.717, 1.165) is 5.56 Å². The Kier molecular flexibility index (Phi) is 6.65. The zero-order chi connectivity index (χ0) is 20.0. The van der Waals surface area contributed by atoms with E-state index in [1.54, 1.807) is 31.2 Å². The van der Waals surface area contributed by atoms with Crippen molar-refractivity contribution in [2.24, 2.45) is 0 Å². The Morgan fingerprint density at radius 2 is 1.52 bits per heavy atom. The number of hydrogen-bond donors (Lipinski definition) is 2. The summed E-state index contributed by atoms with van der Waals surface area (Å²) in [6.07, 6.45) is 0.373. The molecule has 2 aromatic carbocycles. The number of benzene rings is 2. The first-order valence-corrected chi connectivity index (χ1v) is 8.45. The molecule has 0 aliphatic carbocycles. The molecule has 0 saturated heterocycles. The lowest BCUT2D eigenvalue weighted by Crippen LogP contribution is -2.15. The molecule has 0 saturated carbocycles. The van der Waals surface area contributed by atoms with Crippen LogP contribution in [0.1, 0.15) is 29.3 Å². The van der Waals surface area contributed by atoms with Crippen molar-refractivity contribution in [1.82, 2.24) is 0 Å². The van der Waals surface area contributed by atoms with Crippen LogP contribution in [0.2, 0.25) is 0 Å². The first-order valence-electron chi connectivity index (χ1n) is 8.45. The molecule has 0 radical (unpaired) electrons. The number of anilines is 2. The lowest BCUT2D eigenvalue weighted by molar-refractivity contribution is -0.115. The molecule has 0 atom stereocenters. The minimum atomic E-state index is -0.366. The molecule has 0 heterocycles. The van der Waals surface area contributed by atoms with E-state index in [9.17, 15) is 9.59 Å². The molecule has 2 rings (SSSR count). The summed E-state index contributed by atoms with van der Waals surface area (Å²) in [6.45, 7) is 3.64. The van der Waals surface area contributed by atoms with Gasteiger partial charge in [-0.3, -0.25) is 9.59 Å². The summed E-state index contributed by atoms with van der Waals surface area (Å²) in [5.41, 5.74) is 2.36. The molecule has 27 heavy (non-hydrogen) atoms. The number of carbonyl (C=O) groups is 2. The summed E-state index contributed by atoms with van der Waals surface area (Å²) in [7, 11) is 4.48. The standard InChI is InChI=1S/C20H24N2O5/c1-6-19(23)21-13-8-7-12(2)15(9-13)22-20(24)14-10-17(26-4)18(27-5)11-16(14)25-3/h7-11H,6H2,1-5H3,(H,21,23)(H,22,24). The molecule has 2 amide bonds. The van der Waals surface area contributed by atoms with Crippen LogP contribution >= 0.6 is 0 Å². The fourth-order valence-corrected chi connectivity index (χ4v) is 2.48. The first kappa shape index (κ1) is 20.1. The van der Waals surface area contributed by atoms with Crippen LogP contribution in [0.5, 0.6) is 17.2 Å². The van der Waals surface area contributed by atoms with Gasteiger partial charge in [-0.05, 0) is 24.6 Å². The van der Waals surface area contributed by atoms with E-state index >= 15 is 0 Å². The number of rotatable bonds is 7. The highest BCUT2D eigenvalue weighted by Gasteiger charge is 2.18. The number of amides is 2. The van der Waals surface area contributed by atoms with Gasteiger partial charge in [0, 0.05) is 29.9 Å². The van der Waals surface area contributed by atoms with E-state index in [2.05, 4.69) is 10.6 Å². The van der Waals surface area contributed by atoms with E-state index in [4.69, 9.17) is 14.2 Å². The average molecular weight is 372 g/mol. The number of hydrogen-bond acceptors (Lipinski definition) is 5. The van der Waals surface area contributed by atoms with Gasteiger partial charge in [0.25, 0.3) is 5.91 Å². The fourth-order valence-electron chi connectivity index (χ4n) is 2.48. The second-order valence-corrected chi connectivity index (χ2v) is 5.79. The SMILES string of the molecule is CCC(=O)Nc1ccc(C)c(NC(=O)c2cc(OC)c(OC)cc2OC)c1. The molecule has 7 nitrogen and oxygen atoms in total. The van der Waals surface area contributed by atoms with E-state index in [0.29, 0.717) is 40.6 Å². The number of methoxy groups -OCH3 is 3. The molecule has 2 aromatic rings. The molecule has 0 bridgehead atoms. The topological polar surface area (TPSA) is 85.9 Å². The monoisotopic (exact) mass is 372 g/mol. The van der Waals surface area contributed by atoms with Gasteiger partial charge < -0.3 is 24.8 Å². The van der Waals surface area contributed by atoms with Crippen LogP contribution in [-0.2, 0) is 4.79 Å². The quantitative estimate of drug-likeness (QED) is 0.775. The summed E-state index contributed by atoms with van der Waals surface area (Å²) in [5, 5.41) is 5.63. The highest BCUT2D eigenvalue weighted by molar-refractivity contribution is 6.07. The second kappa shape index (κ2) is 8.93. The van der Waals surface area contributed by atoms with Crippen molar-refractivity contribution >= 4 is 23.2 Å². The second-order valence-electron chi connectivity index (χ2n) is 5.79.